The Kier molecular flexibility index (Phi) is 6.18. The molecule has 1 aromatic heterocycles. The van der Waals surface area contributed by atoms with Gasteiger partial charge in [0.2, 0.25) is 0 Å². The van der Waals surface area contributed by atoms with Crippen LogP contribution in [0.15, 0.2) is 71.1 Å². The second kappa shape index (κ2) is 8.96. The molecule has 0 aliphatic carbocycles. The van der Waals surface area contributed by atoms with Crippen molar-refractivity contribution in [2.75, 3.05) is 12.4 Å². The van der Waals surface area contributed by atoms with Crippen molar-refractivity contribution in [1.82, 2.24) is 5.43 Å². The summed E-state index contributed by atoms with van der Waals surface area (Å²) in [7, 11) is 1.58. The summed E-state index contributed by atoms with van der Waals surface area (Å²) in [6.45, 7) is 1.79. The minimum atomic E-state index is -0.252. The summed E-state index contributed by atoms with van der Waals surface area (Å²) in [5.41, 5.74) is 5.13. The van der Waals surface area contributed by atoms with E-state index in [2.05, 4.69) is 15.8 Å². The predicted octanol–water partition coefficient (Wildman–Crippen LogP) is 4.16. The normalized spacial score (nSPS) is 11.0. The summed E-state index contributed by atoms with van der Waals surface area (Å²) in [6.07, 6.45) is 0. The van der Waals surface area contributed by atoms with Crippen molar-refractivity contribution in [3.05, 3.63) is 82.0 Å². The second-order valence-electron chi connectivity index (χ2n) is 5.88. The van der Waals surface area contributed by atoms with Crippen LogP contribution in [0.4, 0.5) is 5.69 Å². The lowest BCUT2D eigenvalue weighted by atomic mass is 10.1. The first kappa shape index (κ1) is 19.3. The lowest BCUT2D eigenvalue weighted by molar-refractivity contribution is 0.0958. The molecule has 7 heteroatoms. The number of hydrogen-bond acceptors (Lipinski definition) is 5. The van der Waals surface area contributed by atoms with Gasteiger partial charge in [-0.3, -0.25) is 9.59 Å². The molecule has 2 N–H and O–H groups in total. The molecule has 0 saturated heterocycles. The minimum absolute atomic E-state index is 0.222. The monoisotopic (exact) mass is 393 g/mol. The van der Waals surface area contributed by atoms with Gasteiger partial charge in [-0.25, -0.2) is 5.43 Å². The lowest BCUT2D eigenvalue weighted by Crippen LogP contribution is -2.18. The summed E-state index contributed by atoms with van der Waals surface area (Å²) in [5, 5.41) is 8.84. The van der Waals surface area contributed by atoms with Crippen molar-refractivity contribution in [2.24, 2.45) is 5.10 Å². The molecule has 0 fully saturated rings. The Labute approximate surface area is 166 Å². The molecule has 2 amide bonds. The number of methoxy groups -OCH3 is 1. The molecule has 0 atom stereocenters. The maximum absolute atomic E-state index is 12.4. The van der Waals surface area contributed by atoms with E-state index < -0.39 is 0 Å². The van der Waals surface area contributed by atoms with Gasteiger partial charge in [0.15, 0.2) is 0 Å². The minimum Gasteiger partial charge on any atom is -0.497 e. The van der Waals surface area contributed by atoms with E-state index in [-0.39, 0.29) is 11.8 Å². The maximum atomic E-state index is 12.4. The number of hydrogen-bond donors (Lipinski definition) is 2. The fourth-order valence-corrected chi connectivity index (χ4v) is 3.04. The Balaban J connectivity index is 1.67. The number of benzene rings is 2. The molecule has 0 saturated carbocycles. The quantitative estimate of drug-likeness (QED) is 0.487. The molecule has 0 radical (unpaired) electrons. The van der Waals surface area contributed by atoms with Crippen molar-refractivity contribution < 1.29 is 14.3 Å². The van der Waals surface area contributed by atoms with E-state index in [9.17, 15) is 9.59 Å². The number of ether oxygens (including phenoxy) is 1. The number of anilines is 1. The molecule has 28 heavy (non-hydrogen) atoms. The van der Waals surface area contributed by atoms with E-state index in [1.54, 1.807) is 56.5 Å². The van der Waals surface area contributed by atoms with Gasteiger partial charge < -0.3 is 10.1 Å². The van der Waals surface area contributed by atoms with Crippen molar-refractivity contribution >= 4 is 34.6 Å². The molecule has 0 bridgehead atoms. The van der Waals surface area contributed by atoms with E-state index in [1.165, 1.54) is 11.3 Å². The number of nitrogens with one attached hydrogen (secondary N) is 2. The molecule has 0 aliphatic heterocycles. The van der Waals surface area contributed by atoms with Crippen LogP contribution in [0.3, 0.4) is 0 Å². The van der Waals surface area contributed by atoms with Crippen molar-refractivity contribution in [3.8, 4) is 5.75 Å². The van der Waals surface area contributed by atoms with Gasteiger partial charge in [-0.05, 0) is 60.3 Å². The molecule has 0 aliphatic rings. The van der Waals surface area contributed by atoms with Crippen LogP contribution in [0.2, 0.25) is 0 Å². The number of nitrogens with zero attached hydrogens (tertiary/aromatic N) is 1. The van der Waals surface area contributed by atoms with Gasteiger partial charge in [-0.15, -0.1) is 11.3 Å². The molecule has 3 rings (SSSR count). The summed E-state index contributed by atoms with van der Waals surface area (Å²) in [4.78, 5) is 25.0. The van der Waals surface area contributed by atoms with E-state index >= 15 is 0 Å². The van der Waals surface area contributed by atoms with Crippen LogP contribution in [0.5, 0.6) is 5.75 Å². The molecular formula is C21H19N3O3S. The Bertz CT molecular complexity index is 996. The number of amides is 2. The van der Waals surface area contributed by atoms with Crippen LogP contribution in [-0.2, 0) is 0 Å². The zero-order valence-electron chi connectivity index (χ0n) is 15.4. The van der Waals surface area contributed by atoms with E-state index in [0.717, 1.165) is 5.56 Å². The number of rotatable bonds is 6. The van der Waals surface area contributed by atoms with Gasteiger partial charge in [-0.2, -0.15) is 5.10 Å². The van der Waals surface area contributed by atoms with E-state index in [4.69, 9.17) is 4.74 Å². The zero-order chi connectivity index (χ0) is 19.9. The highest BCUT2D eigenvalue weighted by molar-refractivity contribution is 7.12. The van der Waals surface area contributed by atoms with E-state index in [1.807, 2.05) is 23.6 Å². The van der Waals surface area contributed by atoms with Gasteiger partial charge in [-0.1, -0.05) is 18.2 Å². The van der Waals surface area contributed by atoms with Gasteiger partial charge in [0.25, 0.3) is 11.8 Å². The second-order valence-corrected chi connectivity index (χ2v) is 6.83. The Morgan fingerprint density at radius 3 is 2.43 bits per heavy atom. The third-order valence-corrected chi connectivity index (χ3v) is 4.83. The Morgan fingerprint density at radius 2 is 1.75 bits per heavy atom. The molecule has 2 aromatic carbocycles. The lowest BCUT2D eigenvalue weighted by Gasteiger charge is -2.08. The van der Waals surface area contributed by atoms with Crippen molar-refractivity contribution in [1.29, 1.82) is 0 Å². The zero-order valence-corrected chi connectivity index (χ0v) is 16.2. The predicted molar refractivity (Wildman–Crippen MR) is 111 cm³/mol. The fourth-order valence-electron chi connectivity index (χ4n) is 2.43. The first-order valence-corrected chi connectivity index (χ1v) is 9.39. The van der Waals surface area contributed by atoms with E-state index in [0.29, 0.717) is 27.6 Å². The van der Waals surface area contributed by atoms with Crippen LogP contribution in [0.25, 0.3) is 0 Å². The van der Waals surface area contributed by atoms with Crippen LogP contribution in [-0.4, -0.2) is 24.6 Å². The van der Waals surface area contributed by atoms with Crippen LogP contribution < -0.4 is 15.5 Å². The standard InChI is InChI=1S/C21H19N3O3S/c1-14(23-24-21(26)19-7-4-12-28-19)16-5-3-6-17(13-16)22-20(25)15-8-10-18(27-2)11-9-15/h3-13H,1-2H3,(H,22,25)(H,24,26)/b23-14-. The van der Waals surface area contributed by atoms with Gasteiger partial charge in [0.1, 0.15) is 5.75 Å². The third-order valence-electron chi connectivity index (χ3n) is 3.96. The molecule has 0 unspecified atom stereocenters. The average molecular weight is 393 g/mol. The van der Waals surface area contributed by atoms with Crippen molar-refractivity contribution in [3.63, 3.8) is 0 Å². The van der Waals surface area contributed by atoms with Crippen molar-refractivity contribution in [2.45, 2.75) is 6.92 Å². The Morgan fingerprint density at radius 1 is 0.964 bits per heavy atom. The van der Waals surface area contributed by atoms with Gasteiger partial charge in [0, 0.05) is 11.3 Å². The highest BCUT2D eigenvalue weighted by Crippen LogP contribution is 2.16. The number of hydrazone groups is 1. The molecule has 1 heterocycles. The summed E-state index contributed by atoms with van der Waals surface area (Å²) in [5.74, 6) is 0.216. The van der Waals surface area contributed by atoms with Gasteiger partial charge in [0.05, 0.1) is 17.7 Å². The molecule has 3 aromatic rings. The highest BCUT2D eigenvalue weighted by atomic mass is 32.1. The molecule has 0 spiro atoms. The topological polar surface area (TPSA) is 79.8 Å². The number of carbonyl (C=O) groups is 2. The molecule has 6 nitrogen and oxygen atoms in total. The summed E-state index contributed by atoms with van der Waals surface area (Å²) < 4.78 is 5.10. The largest absolute Gasteiger partial charge is 0.497 e. The van der Waals surface area contributed by atoms with Crippen LogP contribution in [0.1, 0.15) is 32.5 Å². The molecule has 142 valence electrons. The SMILES string of the molecule is COc1ccc(C(=O)Nc2cccc(/C(C)=N\NC(=O)c3cccs3)c2)cc1. The van der Waals surface area contributed by atoms with Crippen LogP contribution >= 0.6 is 11.3 Å². The third kappa shape index (κ3) is 4.83. The smallest absolute Gasteiger partial charge is 0.281 e. The maximum Gasteiger partial charge on any atom is 0.281 e. The first-order valence-electron chi connectivity index (χ1n) is 8.51. The Hall–Kier alpha value is -3.45. The highest BCUT2D eigenvalue weighted by Gasteiger charge is 2.08. The first-order chi connectivity index (χ1) is 13.6. The number of thiophene rings is 1. The van der Waals surface area contributed by atoms with Gasteiger partial charge >= 0.3 is 0 Å². The fraction of sp³-hybridized carbons (Fsp3) is 0.0952. The summed E-state index contributed by atoms with van der Waals surface area (Å²) >= 11 is 1.35. The number of carbonyl (C=O) groups excluding carboxylic acids is 2. The molecular weight excluding hydrogens is 374 g/mol. The average Bonchev–Trinajstić information content (AvgIpc) is 3.27. The van der Waals surface area contributed by atoms with Crippen LogP contribution in [0, 0.1) is 0 Å². The summed E-state index contributed by atoms with van der Waals surface area (Å²) in [6, 6.07) is 17.7.